The SMILES string of the molecule is C=CC(=O)C1CCN(C)N(C)N1C. The van der Waals surface area contributed by atoms with Gasteiger partial charge in [-0.15, -0.1) is 0 Å². The minimum atomic E-state index is -0.0429. The first-order valence-electron chi connectivity index (χ1n) is 4.41. The van der Waals surface area contributed by atoms with Gasteiger partial charge in [0.25, 0.3) is 0 Å². The van der Waals surface area contributed by atoms with Crippen LogP contribution in [0.3, 0.4) is 0 Å². The van der Waals surface area contributed by atoms with Crippen LogP contribution < -0.4 is 0 Å². The summed E-state index contributed by atoms with van der Waals surface area (Å²) in [7, 11) is 5.87. The highest BCUT2D eigenvalue weighted by atomic mass is 16.1. The third kappa shape index (κ3) is 1.96. The lowest BCUT2D eigenvalue weighted by molar-refractivity contribution is -0.192. The third-order valence-corrected chi connectivity index (χ3v) is 2.66. The second-order valence-electron chi connectivity index (χ2n) is 3.36. The lowest BCUT2D eigenvalue weighted by Crippen LogP contribution is -2.59. The summed E-state index contributed by atoms with van der Waals surface area (Å²) < 4.78 is 0. The molecular formula is C9H17N3O. The largest absolute Gasteiger partial charge is 0.293 e. The van der Waals surface area contributed by atoms with E-state index in [-0.39, 0.29) is 11.8 Å². The first-order valence-corrected chi connectivity index (χ1v) is 4.41. The fourth-order valence-electron chi connectivity index (χ4n) is 1.55. The first kappa shape index (κ1) is 10.4. The lowest BCUT2D eigenvalue weighted by atomic mass is 10.1. The van der Waals surface area contributed by atoms with Crippen molar-refractivity contribution in [1.82, 2.24) is 15.1 Å². The van der Waals surface area contributed by atoms with Crippen molar-refractivity contribution < 1.29 is 4.79 Å². The number of nitrogens with zero attached hydrogens (tertiary/aromatic N) is 3. The molecule has 0 aliphatic carbocycles. The van der Waals surface area contributed by atoms with Crippen LogP contribution in [0.15, 0.2) is 12.7 Å². The second kappa shape index (κ2) is 4.00. The molecular weight excluding hydrogens is 166 g/mol. The molecule has 4 heteroatoms. The summed E-state index contributed by atoms with van der Waals surface area (Å²) in [4.78, 5) is 11.4. The van der Waals surface area contributed by atoms with E-state index >= 15 is 0 Å². The van der Waals surface area contributed by atoms with E-state index < -0.39 is 0 Å². The van der Waals surface area contributed by atoms with E-state index in [1.54, 1.807) is 0 Å². The molecule has 0 aromatic rings. The fourth-order valence-corrected chi connectivity index (χ4v) is 1.55. The quantitative estimate of drug-likeness (QED) is 0.569. The summed E-state index contributed by atoms with van der Waals surface area (Å²) in [5.41, 5.74) is 0. The van der Waals surface area contributed by atoms with Gasteiger partial charge in [-0.05, 0) is 12.5 Å². The normalized spacial score (nSPS) is 27.5. The second-order valence-corrected chi connectivity index (χ2v) is 3.36. The van der Waals surface area contributed by atoms with E-state index in [0.29, 0.717) is 0 Å². The average molecular weight is 183 g/mol. The van der Waals surface area contributed by atoms with Crippen LogP contribution in [0.25, 0.3) is 0 Å². The van der Waals surface area contributed by atoms with Gasteiger partial charge in [-0.2, -0.15) is 5.12 Å². The van der Waals surface area contributed by atoms with Gasteiger partial charge in [0.2, 0.25) is 0 Å². The van der Waals surface area contributed by atoms with Crippen molar-refractivity contribution in [2.45, 2.75) is 12.5 Å². The van der Waals surface area contributed by atoms with Crippen molar-refractivity contribution in [2.75, 3.05) is 27.7 Å². The highest BCUT2D eigenvalue weighted by Crippen LogP contribution is 2.14. The van der Waals surface area contributed by atoms with E-state index in [1.165, 1.54) is 6.08 Å². The van der Waals surface area contributed by atoms with Gasteiger partial charge in [0.05, 0.1) is 6.04 Å². The van der Waals surface area contributed by atoms with Gasteiger partial charge in [0.1, 0.15) is 0 Å². The summed E-state index contributed by atoms with van der Waals surface area (Å²) in [5.74, 6) is 0.0995. The molecule has 1 rings (SSSR count). The maximum Gasteiger partial charge on any atom is 0.173 e. The monoisotopic (exact) mass is 183 g/mol. The molecule has 0 bridgehead atoms. The van der Waals surface area contributed by atoms with Crippen LogP contribution in [0.2, 0.25) is 0 Å². The Morgan fingerprint density at radius 3 is 2.62 bits per heavy atom. The molecule has 0 aromatic carbocycles. The molecule has 0 N–H and O–H groups in total. The van der Waals surface area contributed by atoms with Crippen LogP contribution >= 0.6 is 0 Å². The number of carbonyl (C=O) groups excluding carboxylic acids is 1. The minimum Gasteiger partial charge on any atom is -0.293 e. The summed E-state index contributed by atoms with van der Waals surface area (Å²) in [6.45, 7) is 4.41. The van der Waals surface area contributed by atoms with E-state index in [9.17, 15) is 4.79 Å². The van der Waals surface area contributed by atoms with Gasteiger partial charge < -0.3 is 0 Å². The first-order chi connectivity index (χ1) is 6.07. The number of hydrogen-bond donors (Lipinski definition) is 0. The van der Waals surface area contributed by atoms with Gasteiger partial charge in [-0.3, -0.25) is 4.79 Å². The molecule has 0 saturated carbocycles. The smallest absolute Gasteiger partial charge is 0.173 e. The number of ketones is 1. The van der Waals surface area contributed by atoms with E-state index in [2.05, 4.69) is 11.6 Å². The Hall–Kier alpha value is -0.710. The molecule has 1 aliphatic heterocycles. The van der Waals surface area contributed by atoms with Crippen molar-refractivity contribution >= 4 is 5.78 Å². The van der Waals surface area contributed by atoms with Crippen LogP contribution in [0.5, 0.6) is 0 Å². The summed E-state index contributed by atoms with van der Waals surface area (Å²) in [6.07, 6.45) is 2.27. The minimum absolute atomic E-state index is 0.0429. The van der Waals surface area contributed by atoms with Gasteiger partial charge in [0, 0.05) is 27.7 Å². The Morgan fingerprint density at radius 1 is 1.46 bits per heavy atom. The predicted molar refractivity (Wildman–Crippen MR) is 51.8 cm³/mol. The predicted octanol–water partition coefficient (Wildman–Crippen LogP) is 0.139. The van der Waals surface area contributed by atoms with Crippen LogP contribution in [0.4, 0.5) is 0 Å². The number of carbonyl (C=O) groups is 1. The number of rotatable bonds is 2. The standard InChI is InChI=1S/C9H17N3O/c1-5-9(13)8-6-7-10(2)12(4)11(8)3/h5,8H,1,6-7H2,2-4H3. The average Bonchev–Trinajstić information content (AvgIpc) is 2.13. The van der Waals surface area contributed by atoms with Crippen molar-refractivity contribution in [1.29, 1.82) is 0 Å². The number of hydrogen-bond acceptors (Lipinski definition) is 4. The van der Waals surface area contributed by atoms with Crippen LogP contribution in [-0.2, 0) is 4.79 Å². The molecule has 1 atom stereocenters. The molecule has 0 radical (unpaired) electrons. The van der Waals surface area contributed by atoms with E-state index in [0.717, 1.165) is 13.0 Å². The zero-order valence-electron chi connectivity index (χ0n) is 8.53. The topological polar surface area (TPSA) is 26.8 Å². The maximum absolute atomic E-state index is 11.4. The Kier molecular flexibility index (Phi) is 3.19. The summed E-state index contributed by atoms with van der Waals surface area (Å²) >= 11 is 0. The molecule has 1 unspecified atom stereocenters. The zero-order chi connectivity index (χ0) is 10.0. The molecule has 74 valence electrons. The zero-order valence-corrected chi connectivity index (χ0v) is 8.53. The maximum atomic E-state index is 11.4. The molecule has 4 nitrogen and oxygen atoms in total. The Balaban J connectivity index is 2.69. The lowest BCUT2D eigenvalue weighted by Gasteiger charge is -2.44. The molecule has 1 heterocycles. The van der Waals surface area contributed by atoms with Crippen LogP contribution in [0.1, 0.15) is 6.42 Å². The van der Waals surface area contributed by atoms with Crippen LogP contribution in [-0.4, -0.2) is 54.6 Å². The molecule has 0 amide bonds. The molecule has 1 saturated heterocycles. The summed E-state index contributed by atoms with van der Waals surface area (Å²) in [6, 6.07) is -0.0429. The Labute approximate surface area is 79.3 Å². The van der Waals surface area contributed by atoms with Crippen molar-refractivity contribution in [3.8, 4) is 0 Å². The van der Waals surface area contributed by atoms with Crippen molar-refractivity contribution in [3.05, 3.63) is 12.7 Å². The Morgan fingerprint density at radius 2 is 2.08 bits per heavy atom. The van der Waals surface area contributed by atoms with Gasteiger partial charge in [-0.1, -0.05) is 6.58 Å². The van der Waals surface area contributed by atoms with Gasteiger partial charge in [-0.25, -0.2) is 10.0 Å². The van der Waals surface area contributed by atoms with Gasteiger partial charge >= 0.3 is 0 Å². The van der Waals surface area contributed by atoms with Crippen molar-refractivity contribution in [2.24, 2.45) is 0 Å². The molecule has 0 aromatic heterocycles. The van der Waals surface area contributed by atoms with Crippen molar-refractivity contribution in [3.63, 3.8) is 0 Å². The highest BCUT2D eigenvalue weighted by Gasteiger charge is 2.30. The van der Waals surface area contributed by atoms with E-state index in [4.69, 9.17) is 0 Å². The third-order valence-electron chi connectivity index (χ3n) is 2.66. The molecule has 13 heavy (non-hydrogen) atoms. The molecule has 1 fully saturated rings. The van der Waals surface area contributed by atoms with Gasteiger partial charge in [0.15, 0.2) is 5.78 Å². The molecule has 1 aliphatic rings. The Bertz CT molecular complexity index is 217. The van der Waals surface area contributed by atoms with Crippen LogP contribution in [0, 0.1) is 0 Å². The fraction of sp³-hybridized carbons (Fsp3) is 0.667. The highest BCUT2D eigenvalue weighted by molar-refractivity contribution is 5.93. The number of hydrazine groups is 2. The molecule has 0 spiro atoms. The number of likely N-dealkylation sites (N-methyl/N-ethyl adjacent to an activating group) is 1. The summed E-state index contributed by atoms with van der Waals surface area (Å²) in [5, 5.41) is 5.97. The van der Waals surface area contributed by atoms with E-state index in [1.807, 2.05) is 31.3 Å².